The van der Waals surface area contributed by atoms with Gasteiger partial charge in [0.15, 0.2) is 0 Å². The van der Waals surface area contributed by atoms with Crippen molar-refractivity contribution in [1.29, 1.82) is 0 Å². The van der Waals surface area contributed by atoms with Crippen molar-refractivity contribution >= 4 is 35.4 Å². The second-order valence-corrected chi connectivity index (χ2v) is 2.62. The number of rotatable bonds is 3. The zero-order valence-corrected chi connectivity index (χ0v) is 6.84. The molecule has 5 nitrogen and oxygen atoms in total. The SMILES string of the molecule is NC(CC(=O)N(Cl)Cl)C(=O)O. The number of nitrogens with zero attached hydrogens (tertiary/aromatic N) is 1. The largest absolute Gasteiger partial charge is 0.480 e. The number of hydrogen-bond acceptors (Lipinski definition) is 3. The van der Waals surface area contributed by atoms with Crippen LogP contribution in [0.15, 0.2) is 0 Å². The zero-order valence-electron chi connectivity index (χ0n) is 5.33. The van der Waals surface area contributed by atoms with Crippen molar-refractivity contribution in [2.45, 2.75) is 12.5 Å². The van der Waals surface area contributed by atoms with Gasteiger partial charge >= 0.3 is 5.97 Å². The summed E-state index contributed by atoms with van der Waals surface area (Å²) < 4.78 is 0.253. The lowest BCUT2D eigenvalue weighted by Gasteiger charge is -2.06. The summed E-state index contributed by atoms with van der Waals surface area (Å²) in [5.41, 5.74) is 4.99. The molecule has 3 N–H and O–H groups in total. The van der Waals surface area contributed by atoms with Crippen molar-refractivity contribution in [2.75, 3.05) is 0 Å². The molecular weight excluding hydrogens is 195 g/mol. The van der Waals surface area contributed by atoms with Crippen molar-refractivity contribution in [3.05, 3.63) is 0 Å². The standard InChI is InChI=1S/C4H6Cl2N2O3/c5-8(6)3(9)1-2(7)4(10)11/h2H,1,7H2,(H,10,11). The van der Waals surface area contributed by atoms with E-state index in [1.54, 1.807) is 0 Å². The van der Waals surface area contributed by atoms with Crippen LogP contribution in [-0.4, -0.2) is 27.0 Å². The molecule has 0 heterocycles. The predicted octanol–water partition coefficient (Wildman–Crippen LogP) is -0.0754. The van der Waals surface area contributed by atoms with E-state index in [0.29, 0.717) is 0 Å². The van der Waals surface area contributed by atoms with E-state index < -0.39 is 24.3 Å². The molecule has 0 aliphatic carbocycles. The Kier molecular flexibility index (Phi) is 4.17. The van der Waals surface area contributed by atoms with Gasteiger partial charge in [-0.3, -0.25) is 9.59 Å². The van der Waals surface area contributed by atoms with Crippen LogP contribution in [0.2, 0.25) is 0 Å². The highest BCUT2D eigenvalue weighted by Crippen LogP contribution is 2.03. The lowest BCUT2D eigenvalue weighted by atomic mass is 10.2. The predicted molar refractivity (Wildman–Crippen MR) is 38.8 cm³/mol. The monoisotopic (exact) mass is 200 g/mol. The first-order valence-electron chi connectivity index (χ1n) is 2.58. The van der Waals surface area contributed by atoms with E-state index in [0.717, 1.165) is 0 Å². The van der Waals surface area contributed by atoms with E-state index in [1.165, 1.54) is 0 Å². The number of aliphatic carboxylic acids is 1. The molecule has 0 fully saturated rings. The van der Waals surface area contributed by atoms with Gasteiger partial charge < -0.3 is 10.8 Å². The summed E-state index contributed by atoms with van der Waals surface area (Å²) in [6.07, 6.45) is -0.414. The fourth-order valence-corrected chi connectivity index (χ4v) is 0.482. The van der Waals surface area contributed by atoms with Gasteiger partial charge in [-0.05, 0) is 0 Å². The Balaban J connectivity index is 3.85. The van der Waals surface area contributed by atoms with Crippen LogP contribution in [0.4, 0.5) is 0 Å². The third kappa shape index (κ3) is 4.02. The summed E-state index contributed by atoms with van der Waals surface area (Å²) in [5.74, 6) is -2.02. The maximum absolute atomic E-state index is 10.6. The number of carbonyl (C=O) groups excluding carboxylic acids is 1. The van der Waals surface area contributed by atoms with Gasteiger partial charge in [0.2, 0.25) is 0 Å². The van der Waals surface area contributed by atoms with Gasteiger partial charge in [-0.2, -0.15) is 3.94 Å². The van der Waals surface area contributed by atoms with Gasteiger partial charge in [0.1, 0.15) is 6.04 Å². The van der Waals surface area contributed by atoms with Crippen molar-refractivity contribution in [3.63, 3.8) is 0 Å². The maximum Gasteiger partial charge on any atom is 0.321 e. The molecule has 0 aromatic rings. The number of halogens is 2. The molecule has 0 spiro atoms. The third-order valence-electron chi connectivity index (χ3n) is 0.900. The summed E-state index contributed by atoms with van der Waals surface area (Å²) in [6, 6.07) is -1.26. The molecule has 1 atom stereocenters. The summed E-state index contributed by atoms with van der Waals surface area (Å²) in [5, 5.41) is 8.23. The lowest BCUT2D eigenvalue weighted by molar-refractivity contribution is -0.140. The molecule has 0 aromatic carbocycles. The highest BCUT2D eigenvalue weighted by molar-refractivity contribution is 6.41. The average Bonchev–Trinajstić information content (AvgIpc) is 1.87. The molecule has 0 radical (unpaired) electrons. The van der Waals surface area contributed by atoms with E-state index in [9.17, 15) is 9.59 Å². The number of amides is 1. The Morgan fingerprint density at radius 1 is 1.55 bits per heavy atom. The molecule has 1 amide bonds. The second kappa shape index (κ2) is 4.38. The maximum atomic E-state index is 10.6. The van der Waals surface area contributed by atoms with Gasteiger partial charge in [0.25, 0.3) is 5.91 Å². The van der Waals surface area contributed by atoms with Gasteiger partial charge in [0, 0.05) is 23.6 Å². The quantitative estimate of drug-likeness (QED) is 0.625. The lowest BCUT2D eigenvalue weighted by Crippen LogP contribution is -2.34. The molecule has 0 aliphatic heterocycles. The first-order chi connectivity index (χ1) is 4.95. The highest BCUT2D eigenvalue weighted by atomic mass is 35.5. The Labute approximate surface area is 72.9 Å². The molecule has 1 unspecified atom stereocenters. The van der Waals surface area contributed by atoms with Gasteiger partial charge in [0.05, 0.1) is 6.42 Å². The Hall–Kier alpha value is -0.520. The Bertz CT molecular complexity index is 173. The normalized spacial score (nSPS) is 12.3. The first kappa shape index (κ1) is 10.5. The van der Waals surface area contributed by atoms with E-state index in [2.05, 4.69) is 0 Å². The van der Waals surface area contributed by atoms with Crippen LogP contribution in [0.25, 0.3) is 0 Å². The molecule has 7 heteroatoms. The average molecular weight is 201 g/mol. The van der Waals surface area contributed by atoms with Gasteiger partial charge in [-0.15, -0.1) is 0 Å². The first-order valence-corrected chi connectivity index (χ1v) is 3.25. The summed E-state index contributed by atoms with van der Waals surface area (Å²) in [7, 11) is 0. The summed E-state index contributed by atoms with van der Waals surface area (Å²) in [6.45, 7) is 0. The van der Waals surface area contributed by atoms with E-state index in [-0.39, 0.29) is 3.94 Å². The fourth-order valence-electron chi connectivity index (χ4n) is 0.344. The molecular formula is C4H6Cl2N2O3. The van der Waals surface area contributed by atoms with Crippen LogP contribution in [0, 0.1) is 0 Å². The van der Waals surface area contributed by atoms with Crippen LogP contribution < -0.4 is 5.73 Å². The van der Waals surface area contributed by atoms with Crippen LogP contribution >= 0.6 is 23.6 Å². The van der Waals surface area contributed by atoms with Crippen LogP contribution in [0.1, 0.15) is 6.42 Å². The molecule has 11 heavy (non-hydrogen) atoms. The number of carbonyl (C=O) groups is 2. The zero-order chi connectivity index (χ0) is 9.02. The molecule has 0 aliphatic rings. The molecule has 0 bridgehead atoms. The highest BCUT2D eigenvalue weighted by Gasteiger charge is 2.18. The minimum Gasteiger partial charge on any atom is -0.480 e. The fraction of sp³-hybridized carbons (Fsp3) is 0.500. The number of hydrogen-bond donors (Lipinski definition) is 2. The van der Waals surface area contributed by atoms with Gasteiger partial charge in [-0.1, -0.05) is 0 Å². The topological polar surface area (TPSA) is 83.6 Å². The molecule has 0 aromatic heterocycles. The molecule has 0 rings (SSSR count). The number of nitrogens with two attached hydrogens (primary N) is 1. The minimum atomic E-state index is -1.27. The Morgan fingerprint density at radius 2 is 2.00 bits per heavy atom. The van der Waals surface area contributed by atoms with Crippen molar-refractivity contribution in [3.8, 4) is 0 Å². The number of carboxylic acids is 1. The van der Waals surface area contributed by atoms with Crippen molar-refractivity contribution in [2.24, 2.45) is 5.73 Å². The van der Waals surface area contributed by atoms with Crippen LogP contribution in [-0.2, 0) is 9.59 Å². The van der Waals surface area contributed by atoms with Crippen LogP contribution in [0.5, 0.6) is 0 Å². The van der Waals surface area contributed by atoms with E-state index in [4.69, 9.17) is 34.4 Å². The van der Waals surface area contributed by atoms with Crippen molar-refractivity contribution in [1.82, 2.24) is 3.94 Å². The Morgan fingerprint density at radius 3 is 2.27 bits per heavy atom. The van der Waals surface area contributed by atoms with Crippen LogP contribution in [0.3, 0.4) is 0 Å². The third-order valence-corrected chi connectivity index (χ3v) is 1.28. The smallest absolute Gasteiger partial charge is 0.321 e. The molecule has 0 saturated heterocycles. The van der Waals surface area contributed by atoms with E-state index in [1.807, 2.05) is 0 Å². The minimum absolute atomic E-state index is 0.253. The second-order valence-electron chi connectivity index (χ2n) is 1.78. The molecule has 64 valence electrons. The number of carboxylic acid groups (broad SMARTS) is 1. The summed E-state index contributed by atoms with van der Waals surface area (Å²) >= 11 is 9.96. The van der Waals surface area contributed by atoms with Gasteiger partial charge in [-0.25, -0.2) is 0 Å². The van der Waals surface area contributed by atoms with E-state index >= 15 is 0 Å². The van der Waals surface area contributed by atoms with Crippen molar-refractivity contribution < 1.29 is 14.7 Å². The summed E-state index contributed by atoms with van der Waals surface area (Å²) in [4.78, 5) is 20.7. The molecule has 0 saturated carbocycles.